The summed E-state index contributed by atoms with van der Waals surface area (Å²) in [6, 6.07) is 36.1. The summed E-state index contributed by atoms with van der Waals surface area (Å²) in [5.41, 5.74) is 4.00. The average molecular weight is 601 g/mol. The third-order valence-electron chi connectivity index (χ3n) is 5.04. The fourth-order valence-electron chi connectivity index (χ4n) is 3.53. The fourth-order valence-corrected chi connectivity index (χ4v) is 3.53. The van der Waals surface area contributed by atoms with Crippen molar-refractivity contribution < 1.29 is 35.9 Å². The van der Waals surface area contributed by atoms with E-state index in [4.69, 9.17) is 0 Å². The third kappa shape index (κ3) is 4.54. The van der Waals surface area contributed by atoms with Crippen LogP contribution in [0.4, 0.5) is 15.8 Å². The van der Waals surface area contributed by atoms with Crippen molar-refractivity contribution in [2.24, 2.45) is 0 Å². The Kier molecular flexibility index (Phi) is 6.60. The number of para-hydroxylation sites is 3. The van der Waals surface area contributed by atoms with Crippen molar-refractivity contribution in [1.29, 1.82) is 0 Å². The van der Waals surface area contributed by atoms with E-state index >= 15 is 0 Å². The van der Waals surface area contributed by atoms with Gasteiger partial charge in [-0.05, 0) is 22.9 Å². The molecular formula is C27H19AuFN3+2. The number of aromatic nitrogens is 1. The molecule has 5 aromatic rings. The van der Waals surface area contributed by atoms with E-state index in [1.807, 2.05) is 82.2 Å². The minimum absolute atomic E-state index is 0. The van der Waals surface area contributed by atoms with E-state index in [1.165, 1.54) is 12.1 Å². The summed E-state index contributed by atoms with van der Waals surface area (Å²) in [6.45, 7) is 0. The molecule has 4 aromatic carbocycles. The van der Waals surface area contributed by atoms with Crippen LogP contribution >= 0.6 is 0 Å². The zero-order valence-electron chi connectivity index (χ0n) is 17.0. The van der Waals surface area contributed by atoms with Gasteiger partial charge in [0.15, 0.2) is 0 Å². The SMILES string of the molecule is C1=[N+](c2ccccc2)C=C[N+]=1c1ccccc1.Fc1ccc2[n-]c3ccccc3c2c1.[Au+]. The van der Waals surface area contributed by atoms with E-state index in [0.29, 0.717) is 0 Å². The monoisotopic (exact) mass is 601 g/mol. The van der Waals surface area contributed by atoms with Crippen LogP contribution in [-0.2, 0) is 22.4 Å². The van der Waals surface area contributed by atoms with E-state index in [0.717, 1.165) is 33.2 Å². The molecular weight excluding hydrogens is 582 g/mol. The second-order valence-electron chi connectivity index (χ2n) is 7.10. The Bertz CT molecular complexity index is 1410. The predicted octanol–water partition coefficient (Wildman–Crippen LogP) is 6.42. The van der Waals surface area contributed by atoms with E-state index < -0.39 is 0 Å². The van der Waals surface area contributed by atoms with Gasteiger partial charge in [-0.25, -0.2) is 4.39 Å². The van der Waals surface area contributed by atoms with Crippen LogP contribution in [0.15, 0.2) is 116 Å². The second-order valence-corrected chi connectivity index (χ2v) is 7.10. The van der Waals surface area contributed by atoms with Gasteiger partial charge in [-0.1, -0.05) is 75.9 Å². The van der Waals surface area contributed by atoms with Gasteiger partial charge >= 0.3 is 28.4 Å². The first-order valence-electron chi connectivity index (χ1n) is 10.0. The van der Waals surface area contributed by atoms with Crippen molar-refractivity contribution in [2.75, 3.05) is 0 Å². The van der Waals surface area contributed by atoms with Crippen LogP contribution < -0.4 is 4.98 Å². The van der Waals surface area contributed by atoms with Crippen LogP contribution in [0.5, 0.6) is 0 Å². The molecule has 32 heavy (non-hydrogen) atoms. The molecule has 158 valence electrons. The molecule has 0 spiro atoms. The first kappa shape index (κ1) is 21.7. The minimum Gasteiger partial charge on any atom is -0.657 e. The Hall–Kier alpha value is -3.53. The summed E-state index contributed by atoms with van der Waals surface area (Å²) in [5.74, 6) is -0.212. The molecule has 0 aliphatic carbocycles. The molecule has 5 heteroatoms. The van der Waals surface area contributed by atoms with E-state index in [9.17, 15) is 4.39 Å². The molecule has 0 N–H and O–H groups in total. The smallest absolute Gasteiger partial charge is 0.657 e. The largest absolute Gasteiger partial charge is 1.00 e. The van der Waals surface area contributed by atoms with Gasteiger partial charge in [0.05, 0.1) is 0 Å². The molecule has 0 saturated heterocycles. The fraction of sp³-hybridized carbons (Fsp3) is 0. The second kappa shape index (κ2) is 9.73. The molecule has 0 bridgehead atoms. The van der Waals surface area contributed by atoms with Gasteiger partial charge in [-0.2, -0.15) is 0 Å². The quantitative estimate of drug-likeness (QED) is 0.169. The standard InChI is InChI=1S/C15H12N2.C12H7FN.Au/c1-3-7-14(8-4-1)16-11-12-17(13-16)15-9-5-2-6-10-15;13-8-5-6-12-10(7-8)9-3-1-2-4-11(9)14-12;/h1-12H;1-7H;/q+2;-1;+1. The van der Waals surface area contributed by atoms with Crippen molar-refractivity contribution in [3.05, 3.63) is 121 Å². The topological polar surface area (TPSA) is 20.1 Å². The summed E-state index contributed by atoms with van der Waals surface area (Å²) in [4.78, 5) is 4.39. The van der Waals surface area contributed by atoms with Crippen molar-refractivity contribution in [3.63, 3.8) is 0 Å². The normalized spacial score (nSPS) is 12.0. The predicted molar refractivity (Wildman–Crippen MR) is 122 cm³/mol. The number of hydrogen-bond acceptors (Lipinski definition) is 0. The molecule has 1 aliphatic rings. The van der Waals surface area contributed by atoms with Gasteiger partial charge in [0, 0.05) is 24.3 Å². The number of halogens is 1. The zero-order chi connectivity index (χ0) is 21.0. The Balaban J connectivity index is 0.000000151. The van der Waals surface area contributed by atoms with Gasteiger partial charge in [0.1, 0.15) is 5.82 Å². The first-order valence-corrected chi connectivity index (χ1v) is 10.0. The van der Waals surface area contributed by atoms with Gasteiger partial charge in [0.2, 0.25) is 11.4 Å². The summed E-state index contributed by atoms with van der Waals surface area (Å²) in [5, 5.41) is 1.91. The Morgan fingerprint density at radius 1 is 0.594 bits per heavy atom. The van der Waals surface area contributed by atoms with Gasteiger partial charge in [-0.15, -0.1) is 11.0 Å². The zero-order valence-corrected chi connectivity index (χ0v) is 19.2. The Morgan fingerprint density at radius 2 is 1.12 bits per heavy atom. The van der Waals surface area contributed by atoms with Gasteiger partial charge in [0.25, 0.3) is 12.4 Å². The number of fused-ring (bicyclic) bond motifs is 3. The summed E-state index contributed by atoms with van der Waals surface area (Å²) in [6.07, 6.45) is 4.00. The molecule has 0 saturated carbocycles. The molecule has 0 amide bonds. The molecule has 2 heterocycles. The summed E-state index contributed by atoms with van der Waals surface area (Å²) < 4.78 is 17.0. The first-order chi connectivity index (χ1) is 15.3. The summed E-state index contributed by atoms with van der Waals surface area (Å²) in [7, 11) is 0. The number of hydrogen-bond donors (Lipinski definition) is 0. The Labute approximate surface area is 201 Å². The molecule has 0 fully saturated rings. The third-order valence-corrected chi connectivity index (χ3v) is 5.04. The molecule has 0 radical (unpaired) electrons. The molecule has 6 rings (SSSR count). The average Bonchev–Trinajstić information content (AvgIpc) is 3.46. The maximum Gasteiger partial charge on any atom is 1.00 e. The molecule has 1 aromatic heterocycles. The van der Waals surface area contributed by atoms with Crippen LogP contribution in [0, 0.1) is 5.82 Å². The van der Waals surface area contributed by atoms with Gasteiger partial charge < -0.3 is 4.98 Å². The van der Waals surface area contributed by atoms with E-state index in [2.05, 4.69) is 35.3 Å². The van der Waals surface area contributed by atoms with Crippen molar-refractivity contribution in [3.8, 4) is 0 Å². The number of benzene rings is 4. The number of rotatable bonds is 2. The van der Waals surface area contributed by atoms with E-state index in [1.54, 1.807) is 6.07 Å². The van der Waals surface area contributed by atoms with Crippen molar-refractivity contribution in [1.82, 2.24) is 4.98 Å². The minimum atomic E-state index is -0.212. The van der Waals surface area contributed by atoms with Crippen molar-refractivity contribution >= 4 is 39.2 Å². The summed E-state index contributed by atoms with van der Waals surface area (Å²) >= 11 is 0. The van der Waals surface area contributed by atoms with Crippen LogP contribution in [0.1, 0.15) is 0 Å². The molecule has 1 aliphatic heterocycles. The van der Waals surface area contributed by atoms with Crippen LogP contribution in [-0.4, -0.2) is 15.2 Å². The van der Waals surface area contributed by atoms with Crippen LogP contribution in [0.3, 0.4) is 0 Å². The van der Waals surface area contributed by atoms with E-state index in [-0.39, 0.29) is 28.2 Å². The van der Waals surface area contributed by atoms with Crippen molar-refractivity contribution in [2.45, 2.75) is 0 Å². The van der Waals surface area contributed by atoms with Crippen LogP contribution in [0.25, 0.3) is 21.8 Å². The number of nitrogens with zero attached hydrogens (tertiary/aromatic N) is 3. The molecule has 0 atom stereocenters. The molecule has 0 unspecified atom stereocenters. The van der Waals surface area contributed by atoms with Crippen LogP contribution in [0.2, 0.25) is 0 Å². The maximum absolute atomic E-state index is 13.0. The van der Waals surface area contributed by atoms with Gasteiger partial charge in [-0.3, -0.25) is 0 Å². The molecule has 3 nitrogen and oxygen atoms in total. The maximum atomic E-state index is 13.0. The Morgan fingerprint density at radius 3 is 1.75 bits per heavy atom.